The lowest BCUT2D eigenvalue weighted by Gasteiger charge is -2.13. The third kappa shape index (κ3) is 6.42. The van der Waals surface area contributed by atoms with Crippen molar-refractivity contribution in [1.82, 2.24) is 0 Å². The number of rotatable bonds is 9. The molecule has 3 aromatic rings. The number of amides is 1. The first-order chi connectivity index (χ1) is 15.6. The predicted octanol–water partition coefficient (Wildman–Crippen LogP) is 4.13. The van der Waals surface area contributed by atoms with Gasteiger partial charge in [-0.2, -0.15) is 0 Å². The van der Waals surface area contributed by atoms with Gasteiger partial charge in [-0.1, -0.05) is 35.9 Å². The summed E-state index contributed by atoms with van der Waals surface area (Å²) in [6, 6.07) is 16.9. The van der Waals surface area contributed by atoms with E-state index in [-0.39, 0.29) is 29.5 Å². The molecule has 33 heavy (non-hydrogen) atoms. The van der Waals surface area contributed by atoms with E-state index in [1.807, 2.05) is 0 Å². The molecule has 0 aliphatic rings. The molecule has 0 aliphatic heterocycles. The maximum absolute atomic E-state index is 12.4. The largest absolute Gasteiger partial charge is 0.454 e. The van der Waals surface area contributed by atoms with Crippen molar-refractivity contribution in [3.05, 3.63) is 81.9 Å². The van der Waals surface area contributed by atoms with E-state index in [0.29, 0.717) is 22.2 Å². The highest BCUT2D eigenvalue weighted by Gasteiger charge is 2.19. The number of primary sulfonamides is 1. The zero-order valence-corrected chi connectivity index (χ0v) is 18.6. The van der Waals surface area contributed by atoms with Gasteiger partial charge in [-0.25, -0.2) is 13.6 Å². The van der Waals surface area contributed by atoms with Gasteiger partial charge >= 0.3 is 0 Å². The average molecular weight is 491 g/mol. The third-order valence-electron chi connectivity index (χ3n) is 4.38. The lowest BCUT2D eigenvalue weighted by atomic mass is 10.2. The molecule has 0 bridgehead atoms. The number of hydrogen-bond donors (Lipinski definition) is 3. The summed E-state index contributed by atoms with van der Waals surface area (Å²) < 4.78 is 28.6. The van der Waals surface area contributed by atoms with Crippen LogP contribution < -0.4 is 20.5 Å². The lowest BCUT2D eigenvalue weighted by molar-refractivity contribution is -0.384. The van der Waals surface area contributed by atoms with E-state index in [1.165, 1.54) is 6.07 Å². The highest BCUT2D eigenvalue weighted by molar-refractivity contribution is 7.89. The summed E-state index contributed by atoms with van der Waals surface area (Å²) in [6.07, 6.45) is -0.0332. The van der Waals surface area contributed by atoms with Gasteiger partial charge in [-0.15, -0.1) is 0 Å². The number of hydrogen-bond acceptors (Lipinski definition) is 7. The minimum absolute atomic E-state index is 0.0332. The minimum Gasteiger partial charge on any atom is -0.454 e. The van der Waals surface area contributed by atoms with Crippen molar-refractivity contribution in [1.29, 1.82) is 0 Å². The number of sulfonamides is 1. The normalized spacial score (nSPS) is 11.0. The van der Waals surface area contributed by atoms with Crippen molar-refractivity contribution in [3.8, 4) is 11.5 Å². The Morgan fingerprint density at radius 3 is 2.36 bits per heavy atom. The topological polar surface area (TPSA) is 154 Å². The van der Waals surface area contributed by atoms with Crippen molar-refractivity contribution in [2.45, 2.75) is 11.3 Å². The van der Waals surface area contributed by atoms with E-state index >= 15 is 0 Å². The summed E-state index contributed by atoms with van der Waals surface area (Å²) in [5.41, 5.74) is 0.00831. The number of anilines is 2. The summed E-state index contributed by atoms with van der Waals surface area (Å²) in [6.45, 7) is 0.0505. The number of para-hydroxylation sites is 3. The number of carbonyl (C=O) groups excluding carboxylic acids is 1. The molecule has 0 fully saturated rings. The molecule has 0 aromatic heterocycles. The fourth-order valence-corrected chi connectivity index (χ4v) is 3.53. The van der Waals surface area contributed by atoms with Gasteiger partial charge < -0.3 is 15.4 Å². The van der Waals surface area contributed by atoms with Crippen molar-refractivity contribution in [3.63, 3.8) is 0 Å². The highest BCUT2D eigenvalue weighted by atomic mass is 35.5. The Balaban J connectivity index is 1.64. The maximum atomic E-state index is 12.4. The molecule has 1 amide bonds. The second-order valence-electron chi connectivity index (χ2n) is 6.73. The fraction of sp³-hybridized carbons (Fsp3) is 0.0952. The number of ether oxygens (including phenoxy) is 1. The maximum Gasteiger partial charge on any atom is 0.293 e. The van der Waals surface area contributed by atoms with Crippen LogP contribution in [0.5, 0.6) is 11.5 Å². The van der Waals surface area contributed by atoms with Gasteiger partial charge in [0, 0.05) is 19.0 Å². The standard InChI is InChI=1S/C21H19ClN4O6S/c22-15-5-1-3-7-19(15)32-20-8-4-2-6-17(20)25-21(27)11-12-24-16-10-9-14(33(23,30)31)13-18(16)26(28)29/h1-10,13,24H,11-12H2,(H,25,27)(H2,23,30,31). The van der Waals surface area contributed by atoms with Crippen LogP contribution in [0.3, 0.4) is 0 Å². The summed E-state index contributed by atoms with van der Waals surface area (Å²) in [7, 11) is -4.09. The first-order valence-corrected chi connectivity index (χ1v) is 11.4. The van der Waals surface area contributed by atoms with Crippen LogP contribution >= 0.6 is 11.6 Å². The number of nitro benzene ring substituents is 1. The molecule has 4 N–H and O–H groups in total. The van der Waals surface area contributed by atoms with E-state index in [4.69, 9.17) is 21.5 Å². The van der Waals surface area contributed by atoms with Gasteiger partial charge in [0.15, 0.2) is 5.75 Å². The van der Waals surface area contributed by atoms with Crippen LogP contribution in [0.4, 0.5) is 17.1 Å². The second kappa shape index (κ2) is 10.3. The summed E-state index contributed by atoms with van der Waals surface area (Å²) >= 11 is 6.12. The zero-order valence-electron chi connectivity index (χ0n) is 17.0. The van der Waals surface area contributed by atoms with Gasteiger partial charge in [-0.05, 0) is 36.4 Å². The molecule has 10 nitrogen and oxygen atoms in total. The van der Waals surface area contributed by atoms with E-state index in [0.717, 1.165) is 12.1 Å². The number of carbonyl (C=O) groups is 1. The number of halogens is 1. The SMILES string of the molecule is NS(=O)(=O)c1ccc(NCCC(=O)Nc2ccccc2Oc2ccccc2Cl)c([N+](=O)[O-])c1. The van der Waals surface area contributed by atoms with Crippen LogP contribution in [-0.4, -0.2) is 25.8 Å². The Kier molecular flexibility index (Phi) is 7.48. The Morgan fingerprint density at radius 2 is 1.70 bits per heavy atom. The number of nitrogens with zero attached hydrogens (tertiary/aromatic N) is 1. The summed E-state index contributed by atoms with van der Waals surface area (Å²) in [5.74, 6) is 0.445. The minimum atomic E-state index is -4.09. The molecule has 0 radical (unpaired) electrons. The van der Waals surface area contributed by atoms with Gasteiger partial charge in [0.2, 0.25) is 15.9 Å². The van der Waals surface area contributed by atoms with Crippen LogP contribution in [0.1, 0.15) is 6.42 Å². The van der Waals surface area contributed by atoms with Crippen LogP contribution in [0.2, 0.25) is 5.02 Å². The average Bonchev–Trinajstić information content (AvgIpc) is 2.76. The number of nitrogens with two attached hydrogens (primary N) is 1. The van der Waals surface area contributed by atoms with E-state index < -0.39 is 20.6 Å². The number of nitrogens with one attached hydrogen (secondary N) is 2. The second-order valence-corrected chi connectivity index (χ2v) is 8.70. The van der Waals surface area contributed by atoms with Gasteiger partial charge in [0.05, 0.1) is 20.5 Å². The van der Waals surface area contributed by atoms with E-state index in [9.17, 15) is 23.3 Å². The number of benzene rings is 3. The molecule has 0 saturated heterocycles. The predicted molar refractivity (Wildman–Crippen MR) is 124 cm³/mol. The van der Waals surface area contributed by atoms with Crippen LogP contribution in [0, 0.1) is 10.1 Å². The molecule has 0 atom stereocenters. The van der Waals surface area contributed by atoms with Gasteiger partial charge in [-0.3, -0.25) is 14.9 Å². The van der Waals surface area contributed by atoms with E-state index in [1.54, 1.807) is 48.5 Å². The first-order valence-electron chi connectivity index (χ1n) is 9.51. The van der Waals surface area contributed by atoms with Crippen molar-refractivity contribution >= 4 is 44.6 Å². The third-order valence-corrected chi connectivity index (χ3v) is 5.60. The van der Waals surface area contributed by atoms with Crippen molar-refractivity contribution < 1.29 is 22.9 Å². The molecule has 0 unspecified atom stereocenters. The summed E-state index contributed by atoms with van der Waals surface area (Å²) in [5, 5.41) is 22.2. The lowest BCUT2D eigenvalue weighted by Crippen LogP contribution is -2.17. The monoisotopic (exact) mass is 490 g/mol. The van der Waals surface area contributed by atoms with Crippen LogP contribution in [0.15, 0.2) is 71.6 Å². The van der Waals surface area contributed by atoms with Crippen LogP contribution in [-0.2, 0) is 14.8 Å². The Labute approximate surface area is 194 Å². The van der Waals surface area contributed by atoms with Crippen molar-refractivity contribution in [2.75, 3.05) is 17.2 Å². The molecule has 0 spiro atoms. The molecule has 3 rings (SSSR count). The molecule has 12 heteroatoms. The number of nitro groups is 1. The Hall–Kier alpha value is -3.67. The molecular weight excluding hydrogens is 472 g/mol. The van der Waals surface area contributed by atoms with Gasteiger partial charge in [0.1, 0.15) is 11.4 Å². The van der Waals surface area contributed by atoms with Crippen molar-refractivity contribution in [2.24, 2.45) is 5.14 Å². The molecular formula is C21H19ClN4O6S. The first kappa shape index (κ1) is 24.0. The Morgan fingerprint density at radius 1 is 1.03 bits per heavy atom. The molecule has 172 valence electrons. The highest BCUT2D eigenvalue weighted by Crippen LogP contribution is 2.33. The molecule has 0 heterocycles. The zero-order chi connectivity index (χ0) is 24.0. The fourth-order valence-electron chi connectivity index (χ4n) is 2.82. The molecule has 0 saturated carbocycles. The molecule has 0 aliphatic carbocycles. The molecule has 3 aromatic carbocycles. The smallest absolute Gasteiger partial charge is 0.293 e. The summed E-state index contributed by atoms with van der Waals surface area (Å²) in [4.78, 5) is 22.6. The van der Waals surface area contributed by atoms with E-state index in [2.05, 4.69) is 10.6 Å². The quantitative estimate of drug-likeness (QED) is 0.301. The van der Waals surface area contributed by atoms with Crippen LogP contribution in [0.25, 0.3) is 0 Å². The van der Waals surface area contributed by atoms with Gasteiger partial charge in [0.25, 0.3) is 5.69 Å². The Bertz CT molecular complexity index is 1300.